The minimum absolute atomic E-state index is 0.00467. The Morgan fingerprint density at radius 1 is 1.11 bits per heavy atom. The molecule has 35 heavy (non-hydrogen) atoms. The van der Waals surface area contributed by atoms with E-state index in [0.29, 0.717) is 17.7 Å². The summed E-state index contributed by atoms with van der Waals surface area (Å²) in [5.74, 6) is -0.964. The van der Waals surface area contributed by atoms with E-state index in [1.54, 1.807) is 66.7 Å². The molecule has 0 spiro atoms. The number of nitrogens with zero attached hydrogens (tertiary/aromatic N) is 1. The Labute approximate surface area is 215 Å². The molecule has 1 aromatic rings. The number of phenolic OH excluding ortho intramolecular Hbond substituents is 1. The van der Waals surface area contributed by atoms with Gasteiger partial charge in [0.05, 0.1) is 0 Å². The third-order valence-corrected chi connectivity index (χ3v) is 5.65. The van der Waals surface area contributed by atoms with E-state index in [1.807, 2.05) is 0 Å². The fourth-order valence-electron chi connectivity index (χ4n) is 3.63. The van der Waals surface area contributed by atoms with Gasteiger partial charge in [0.2, 0.25) is 11.8 Å². The lowest BCUT2D eigenvalue weighted by molar-refractivity contribution is -0.148. The highest BCUT2D eigenvalue weighted by molar-refractivity contribution is 7.80. The molecule has 0 aromatic heterocycles. The van der Waals surface area contributed by atoms with Gasteiger partial charge in [-0.15, -0.1) is 0 Å². The molecule has 1 rings (SSSR count). The van der Waals surface area contributed by atoms with Crippen LogP contribution < -0.4 is 10.6 Å². The fourth-order valence-corrected chi connectivity index (χ4v) is 3.88. The minimum Gasteiger partial charge on any atom is -0.507 e. The lowest BCUT2D eigenvalue weighted by atomic mass is 9.94. The van der Waals surface area contributed by atoms with E-state index in [-0.39, 0.29) is 11.5 Å². The van der Waals surface area contributed by atoms with Crippen LogP contribution in [0.25, 0.3) is 0 Å². The maximum Gasteiger partial charge on any atom is 0.408 e. The lowest BCUT2D eigenvalue weighted by Gasteiger charge is -2.43. The molecular weight excluding hydrogens is 466 g/mol. The molecule has 0 aliphatic rings. The van der Waals surface area contributed by atoms with Crippen molar-refractivity contribution in [3.05, 3.63) is 29.3 Å². The number of hydrogen-bond acceptors (Lipinski definition) is 6. The first-order valence-corrected chi connectivity index (χ1v) is 12.8. The normalized spacial score (nSPS) is 13.5. The Bertz CT molecular complexity index is 877. The summed E-state index contributed by atoms with van der Waals surface area (Å²) in [7, 11) is 0. The molecule has 198 valence electrons. The molecular formula is C26H43N3O5S. The van der Waals surface area contributed by atoms with Crippen LogP contribution >= 0.6 is 12.6 Å². The van der Waals surface area contributed by atoms with Crippen molar-refractivity contribution >= 4 is 30.5 Å². The third kappa shape index (κ3) is 9.28. The molecule has 0 saturated carbocycles. The second-order valence-corrected chi connectivity index (χ2v) is 11.0. The van der Waals surface area contributed by atoms with Crippen molar-refractivity contribution in [3.63, 3.8) is 0 Å². The van der Waals surface area contributed by atoms with E-state index in [4.69, 9.17) is 4.74 Å². The SMILES string of the molecule is CCCCCNC(=O)C(c1cccc(C)c1O)N(C(=O)C(CS)NC(=O)OC(C)(C)C)C(C)(C)C. The number of para-hydroxylation sites is 1. The van der Waals surface area contributed by atoms with Gasteiger partial charge in [-0.1, -0.05) is 38.0 Å². The predicted molar refractivity (Wildman–Crippen MR) is 142 cm³/mol. The molecule has 3 N–H and O–H groups in total. The van der Waals surface area contributed by atoms with Gasteiger partial charge >= 0.3 is 6.09 Å². The van der Waals surface area contributed by atoms with Crippen LogP contribution in [-0.2, 0) is 14.3 Å². The molecule has 2 atom stereocenters. The standard InChI is InChI=1S/C26H43N3O5S/c1-9-10-11-15-27-22(31)20(18-14-12-13-17(2)21(18)30)29(25(3,4)5)23(32)19(16-35)28-24(33)34-26(6,7)8/h12-14,19-20,30,35H,9-11,15-16H2,1-8H3,(H,27,31)(H,28,33). The molecule has 0 fully saturated rings. The molecule has 0 aliphatic carbocycles. The molecule has 8 nitrogen and oxygen atoms in total. The third-order valence-electron chi connectivity index (χ3n) is 5.28. The zero-order valence-corrected chi connectivity index (χ0v) is 23.3. The number of aromatic hydroxyl groups is 1. The Hall–Kier alpha value is -2.42. The molecule has 2 unspecified atom stereocenters. The van der Waals surface area contributed by atoms with Crippen molar-refractivity contribution in [1.82, 2.24) is 15.5 Å². The maximum atomic E-state index is 13.9. The topological polar surface area (TPSA) is 108 Å². The summed E-state index contributed by atoms with van der Waals surface area (Å²) in [4.78, 5) is 41.2. The van der Waals surface area contributed by atoms with Crippen LogP contribution in [0.4, 0.5) is 4.79 Å². The van der Waals surface area contributed by atoms with Crippen LogP contribution in [0.2, 0.25) is 0 Å². The molecule has 0 bridgehead atoms. The van der Waals surface area contributed by atoms with Gasteiger partial charge in [-0.25, -0.2) is 4.79 Å². The number of rotatable bonds is 10. The van der Waals surface area contributed by atoms with Crippen molar-refractivity contribution in [2.75, 3.05) is 12.3 Å². The van der Waals surface area contributed by atoms with Gasteiger partial charge in [0.25, 0.3) is 0 Å². The Morgan fingerprint density at radius 3 is 2.26 bits per heavy atom. The lowest BCUT2D eigenvalue weighted by Crippen LogP contribution is -2.59. The zero-order chi connectivity index (χ0) is 27.0. The van der Waals surface area contributed by atoms with Crippen LogP contribution in [0.1, 0.15) is 84.9 Å². The van der Waals surface area contributed by atoms with Gasteiger partial charge in [-0.2, -0.15) is 12.6 Å². The van der Waals surface area contributed by atoms with Gasteiger partial charge in [0.15, 0.2) is 0 Å². The summed E-state index contributed by atoms with van der Waals surface area (Å²) >= 11 is 4.29. The van der Waals surface area contributed by atoms with E-state index >= 15 is 0 Å². The summed E-state index contributed by atoms with van der Waals surface area (Å²) < 4.78 is 5.32. The first kappa shape index (κ1) is 30.6. The van der Waals surface area contributed by atoms with Crippen molar-refractivity contribution in [2.24, 2.45) is 0 Å². The Balaban J connectivity index is 3.47. The fraction of sp³-hybridized carbons (Fsp3) is 0.654. The molecule has 0 heterocycles. The smallest absolute Gasteiger partial charge is 0.408 e. The predicted octanol–water partition coefficient (Wildman–Crippen LogP) is 4.50. The average molecular weight is 510 g/mol. The number of ether oxygens (including phenoxy) is 1. The van der Waals surface area contributed by atoms with Crippen molar-refractivity contribution < 1.29 is 24.2 Å². The number of unbranched alkanes of at least 4 members (excludes halogenated alkanes) is 2. The van der Waals surface area contributed by atoms with Gasteiger partial charge in [-0.3, -0.25) is 9.59 Å². The van der Waals surface area contributed by atoms with Crippen LogP contribution in [-0.4, -0.2) is 57.4 Å². The molecule has 0 aliphatic heterocycles. The Morgan fingerprint density at radius 2 is 1.74 bits per heavy atom. The summed E-state index contributed by atoms with van der Waals surface area (Å²) in [6.07, 6.45) is 2.02. The van der Waals surface area contributed by atoms with Crippen molar-refractivity contribution in [2.45, 2.75) is 97.9 Å². The molecule has 1 aromatic carbocycles. The molecule has 0 saturated heterocycles. The quantitative estimate of drug-likeness (QED) is 0.274. The highest BCUT2D eigenvalue weighted by Gasteiger charge is 2.42. The zero-order valence-electron chi connectivity index (χ0n) is 22.4. The number of aryl methyl sites for hydroxylation is 1. The number of benzene rings is 1. The van der Waals surface area contributed by atoms with Crippen molar-refractivity contribution in [3.8, 4) is 5.75 Å². The highest BCUT2D eigenvalue weighted by atomic mass is 32.1. The van der Waals surface area contributed by atoms with Gasteiger partial charge in [0.1, 0.15) is 23.4 Å². The summed E-state index contributed by atoms with van der Waals surface area (Å²) in [5, 5.41) is 16.4. The molecule has 0 radical (unpaired) electrons. The monoisotopic (exact) mass is 509 g/mol. The number of phenols is 1. The van der Waals surface area contributed by atoms with Gasteiger partial charge in [-0.05, 0) is 60.5 Å². The highest BCUT2D eigenvalue weighted by Crippen LogP contribution is 2.36. The van der Waals surface area contributed by atoms with Crippen LogP contribution in [0.5, 0.6) is 5.75 Å². The first-order chi connectivity index (χ1) is 16.1. The number of thiol groups is 1. The number of alkyl carbamates (subject to hydrolysis) is 1. The molecule has 3 amide bonds. The second kappa shape index (κ2) is 13.0. The van der Waals surface area contributed by atoms with Crippen LogP contribution in [0.15, 0.2) is 18.2 Å². The Kier molecular flexibility index (Phi) is 11.4. The first-order valence-electron chi connectivity index (χ1n) is 12.1. The largest absolute Gasteiger partial charge is 0.507 e. The summed E-state index contributed by atoms with van der Waals surface area (Å²) in [6, 6.07) is 2.95. The van der Waals surface area contributed by atoms with Crippen LogP contribution in [0.3, 0.4) is 0 Å². The number of nitrogens with one attached hydrogen (secondary N) is 2. The average Bonchev–Trinajstić information content (AvgIpc) is 2.72. The van der Waals surface area contributed by atoms with E-state index in [1.165, 1.54) is 4.90 Å². The summed E-state index contributed by atoms with van der Waals surface area (Å²) in [5.41, 5.74) is -0.677. The van der Waals surface area contributed by atoms with E-state index < -0.39 is 41.1 Å². The number of amides is 3. The van der Waals surface area contributed by atoms with Crippen molar-refractivity contribution in [1.29, 1.82) is 0 Å². The van der Waals surface area contributed by atoms with Crippen LogP contribution in [0, 0.1) is 6.92 Å². The second-order valence-electron chi connectivity index (χ2n) is 10.7. The number of carbonyl (C=O) groups is 3. The summed E-state index contributed by atoms with van der Waals surface area (Å²) in [6.45, 7) is 14.9. The van der Waals surface area contributed by atoms with E-state index in [2.05, 4.69) is 30.2 Å². The van der Waals surface area contributed by atoms with Gasteiger partial charge in [0, 0.05) is 23.4 Å². The molecule has 9 heteroatoms. The van der Waals surface area contributed by atoms with E-state index in [0.717, 1.165) is 19.3 Å². The van der Waals surface area contributed by atoms with Gasteiger partial charge < -0.3 is 25.4 Å². The number of carbonyl (C=O) groups excluding carboxylic acids is 3. The maximum absolute atomic E-state index is 13.9. The van der Waals surface area contributed by atoms with E-state index in [9.17, 15) is 19.5 Å². The number of hydrogen-bond donors (Lipinski definition) is 4. The minimum atomic E-state index is -1.12.